The van der Waals surface area contributed by atoms with Crippen molar-refractivity contribution in [3.63, 3.8) is 0 Å². The first kappa shape index (κ1) is 16.5. The summed E-state index contributed by atoms with van der Waals surface area (Å²) >= 11 is 6.02. The highest BCUT2D eigenvalue weighted by Crippen LogP contribution is 2.20. The van der Waals surface area contributed by atoms with Crippen LogP contribution in [0.1, 0.15) is 17.3 Å². The predicted molar refractivity (Wildman–Crippen MR) is 85.5 cm³/mol. The fraction of sp³-hybridized carbons (Fsp3) is 0.214. The van der Waals surface area contributed by atoms with E-state index in [0.29, 0.717) is 5.69 Å². The third kappa shape index (κ3) is 3.49. The quantitative estimate of drug-likeness (QED) is 0.904. The number of nitrogens with one attached hydrogen (secondary N) is 1. The lowest BCUT2D eigenvalue weighted by Crippen LogP contribution is -2.41. The summed E-state index contributed by atoms with van der Waals surface area (Å²) in [5.41, 5.74) is 0.807. The molecule has 118 valence electrons. The molecule has 8 heteroatoms. The van der Waals surface area contributed by atoms with Gasteiger partial charge < -0.3 is 4.57 Å². The second-order valence-corrected chi connectivity index (χ2v) is 6.79. The van der Waals surface area contributed by atoms with Gasteiger partial charge in [-0.25, -0.2) is 4.72 Å². The van der Waals surface area contributed by atoms with E-state index in [1.165, 1.54) is 7.05 Å². The normalized spacial score (nSPS) is 11.6. The Bertz CT molecular complexity index is 773. The Labute approximate surface area is 134 Å². The molecule has 22 heavy (non-hydrogen) atoms. The largest absolute Gasteiger partial charge is 0.324 e. The Kier molecular flexibility index (Phi) is 4.90. The van der Waals surface area contributed by atoms with Crippen LogP contribution in [0.4, 0.5) is 0 Å². The number of aromatic nitrogens is 1. The van der Waals surface area contributed by atoms with E-state index in [9.17, 15) is 13.2 Å². The third-order valence-electron chi connectivity index (χ3n) is 3.17. The van der Waals surface area contributed by atoms with Crippen LogP contribution < -0.4 is 4.72 Å². The molecule has 6 nitrogen and oxygen atoms in total. The fourth-order valence-corrected chi connectivity index (χ4v) is 2.82. The van der Waals surface area contributed by atoms with E-state index in [1.54, 1.807) is 29.7 Å². The molecule has 0 aliphatic heterocycles. The molecule has 1 heterocycles. The van der Waals surface area contributed by atoms with Crippen LogP contribution in [0.5, 0.6) is 0 Å². The first-order valence-corrected chi connectivity index (χ1v) is 8.38. The van der Waals surface area contributed by atoms with Crippen molar-refractivity contribution >= 4 is 27.7 Å². The lowest BCUT2D eigenvalue weighted by Gasteiger charge is -2.16. The number of amides is 1. The van der Waals surface area contributed by atoms with E-state index in [2.05, 4.69) is 0 Å². The second-order valence-electron chi connectivity index (χ2n) is 4.60. The summed E-state index contributed by atoms with van der Waals surface area (Å²) in [4.78, 5) is 12.2. The number of nitrogens with zero attached hydrogens (tertiary/aromatic N) is 2. The van der Waals surface area contributed by atoms with Crippen LogP contribution in [-0.2, 0) is 10.2 Å². The summed E-state index contributed by atoms with van der Waals surface area (Å²) in [7, 11) is -2.49. The van der Waals surface area contributed by atoms with Crippen molar-refractivity contribution in [2.75, 3.05) is 13.6 Å². The number of carbonyl (C=O) groups is 1. The molecule has 1 N–H and O–H groups in total. The molecule has 0 aliphatic rings. The monoisotopic (exact) mass is 341 g/mol. The molecule has 2 rings (SSSR count). The van der Waals surface area contributed by atoms with E-state index in [-0.39, 0.29) is 17.1 Å². The fourth-order valence-electron chi connectivity index (χ4n) is 1.77. The van der Waals surface area contributed by atoms with Crippen molar-refractivity contribution in [2.24, 2.45) is 0 Å². The minimum absolute atomic E-state index is 0.0981. The summed E-state index contributed by atoms with van der Waals surface area (Å²) in [5, 5.41) is 0.183. The van der Waals surface area contributed by atoms with Gasteiger partial charge in [0.1, 0.15) is 0 Å². The number of carbonyl (C=O) groups excluding carboxylic acids is 1. The molecule has 0 fully saturated rings. The standard InChI is InChI=1S/C14H16ClN3O3S/c1-3-17(2)22(20,21)16-14(19)12-10-11(6-7-13(12)15)18-8-4-5-9-18/h4-10H,3H2,1-2H3,(H,16,19). The summed E-state index contributed by atoms with van der Waals surface area (Å²) in [5.74, 6) is -0.765. The molecule has 0 bridgehead atoms. The number of hydrogen-bond acceptors (Lipinski definition) is 3. The van der Waals surface area contributed by atoms with Gasteiger partial charge in [-0.2, -0.15) is 12.7 Å². The number of benzene rings is 1. The second kappa shape index (κ2) is 6.51. The Balaban J connectivity index is 2.32. The van der Waals surface area contributed by atoms with Crippen LogP contribution in [0.2, 0.25) is 5.02 Å². The van der Waals surface area contributed by atoms with Crippen molar-refractivity contribution in [1.82, 2.24) is 13.6 Å². The molecule has 0 saturated carbocycles. The van der Waals surface area contributed by atoms with Gasteiger partial charge in [-0.3, -0.25) is 4.79 Å². The van der Waals surface area contributed by atoms with E-state index < -0.39 is 16.1 Å². The molecular weight excluding hydrogens is 326 g/mol. The van der Waals surface area contributed by atoms with Gasteiger partial charge in [0.25, 0.3) is 5.91 Å². The van der Waals surface area contributed by atoms with E-state index in [4.69, 9.17) is 11.6 Å². The Hall–Kier alpha value is -1.83. The van der Waals surface area contributed by atoms with Gasteiger partial charge in [-0.05, 0) is 30.3 Å². The summed E-state index contributed by atoms with van der Waals surface area (Å²) in [6.07, 6.45) is 3.62. The average molecular weight is 342 g/mol. The molecule has 1 aromatic heterocycles. The molecule has 0 saturated heterocycles. The van der Waals surface area contributed by atoms with E-state index in [1.807, 2.05) is 29.2 Å². The van der Waals surface area contributed by atoms with Gasteiger partial charge in [0, 0.05) is 31.7 Å². The van der Waals surface area contributed by atoms with Crippen LogP contribution in [0, 0.1) is 0 Å². The van der Waals surface area contributed by atoms with Crippen molar-refractivity contribution < 1.29 is 13.2 Å². The summed E-state index contributed by atoms with van der Waals surface area (Å²) in [6.45, 7) is 1.92. The van der Waals surface area contributed by atoms with E-state index >= 15 is 0 Å². The van der Waals surface area contributed by atoms with Crippen LogP contribution in [-0.4, -0.2) is 36.8 Å². The first-order valence-electron chi connectivity index (χ1n) is 6.56. The number of rotatable bonds is 5. The molecule has 2 aromatic rings. The SMILES string of the molecule is CCN(C)S(=O)(=O)NC(=O)c1cc(-n2cccc2)ccc1Cl. The smallest absolute Gasteiger partial charge is 0.303 e. The molecule has 1 aromatic carbocycles. The Morgan fingerprint density at radius 3 is 2.55 bits per heavy atom. The van der Waals surface area contributed by atoms with Crippen molar-refractivity contribution in [1.29, 1.82) is 0 Å². The van der Waals surface area contributed by atoms with Crippen molar-refractivity contribution in [3.05, 3.63) is 53.3 Å². The molecule has 1 amide bonds. The van der Waals surface area contributed by atoms with Gasteiger partial charge in [0.2, 0.25) is 0 Å². The molecule has 0 spiro atoms. The van der Waals surface area contributed by atoms with E-state index in [0.717, 1.165) is 4.31 Å². The molecular formula is C14H16ClN3O3S. The lowest BCUT2D eigenvalue weighted by molar-refractivity contribution is 0.0979. The first-order chi connectivity index (χ1) is 10.3. The maximum absolute atomic E-state index is 12.2. The summed E-state index contributed by atoms with van der Waals surface area (Å²) in [6, 6.07) is 8.52. The summed E-state index contributed by atoms with van der Waals surface area (Å²) < 4.78 is 28.7. The molecule has 0 atom stereocenters. The average Bonchev–Trinajstić information content (AvgIpc) is 3.00. The van der Waals surface area contributed by atoms with Crippen molar-refractivity contribution in [2.45, 2.75) is 6.92 Å². The zero-order valence-corrected chi connectivity index (χ0v) is 13.7. The highest BCUT2D eigenvalue weighted by atomic mass is 35.5. The van der Waals surface area contributed by atoms with Crippen LogP contribution in [0.25, 0.3) is 5.69 Å². The highest BCUT2D eigenvalue weighted by Gasteiger charge is 2.21. The predicted octanol–water partition coefficient (Wildman–Crippen LogP) is 2.06. The minimum Gasteiger partial charge on any atom is -0.324 e. The zero-order chi connectivity index (χ0) is 16.3. The van der Waals surface area contributed by atoms with Crippen LogP contribution >= 0.6 is 11.6 Å². The molecule has 0 aliphatic carbocycles. The Morgan fingerprint density at radius 1 is 1.32 bits per heavy atom. The topological polar surface area (TPSA) is 71.4 Å². The van der Waals surface area contributed by atoms with Gasteiger partial charge in [-0.1, -0.05) is 18.5 Å². The number of hydrogen-bond donors (Lipinski definition) is 1. The van der Waals surface area contributed by atoms with Crippen LogP contribution in [0.3, 0.4) is 0 Å². The molecule has 0 unspecified atom stereocenters. The number of halogens is 1. The third-order valence-corrected chi connectivity index (χ3v) is 5.03. The lowest BCUT2D eigenvalue weighted by atomic mass is 10.2. The Morgan fingerprint density at radius 2 is 1.95 bits per heavy atom. The van der Waals surface area contributed by atoms with Crippen LogP contribution in [0.15, 0.2) is 42.7 Å². The van der Waals surface area contributed by atoms with Gasteiger partial charge in [0.15, 0.2) is 0 Å². The zero-order valence-electron chi connectivity index (χ0n) is 12.2. The minimum atomic E-state index is -3.87. The maximum Gasteiger partial charge on any atom is 0.303 e. The van der Waals surface area contributed by atoms with Gasteiger partial charge in [-0.15, -0.1) is 0 Å². The maximum atomic E-state index is 12.2. The van der Waals surface area contributed by atoms with Crippen molar-refractivity contribution in [3.8, 4) is 5.69 Å². The molecule has 0 radical (unpaired) electrons. The highest BCUT2D eigenvalue weighted by molar-refractivity contribution is 7.87. The van der Waals surface area contributed by atoms with Gasteiger partial charge in [0.05, 0.1) is 10.6 Å². The van der Waals surface area contributed by atoms with Gasteiger partial charge >= 0.3 is 10.2 Å².